The summed E-state index contributed by atoms with van der Waals surface area (Å²) in [6.45, 7) is 0.708. The zero-order valence-electron chi connectivity index (χ0n) is 14.9. The highest BCUT2D eigenvalue weighted by molar-refractivity contribution is 7.93. The Kier molecular flexibility index (Phi) is 4.79. The number of halogens is 1. The minimum absolute atomic E-state index is 0.0675. The van der Waals surface area contributed by atoms with Crippen LogP contribution in [0.5, 0.6) is 0 Å². The van der Waals surface area contributed by atoms with E-state index < -0.39 is 27.9 Å². The molecule has 8 nitrogen and oxygen atoms in total. The molecule has 3 fully saturated rings. The molecule has 0 radical (unpaired) electrons. The molecule has 0 N–H and O–H groups in total. The van der Waals surface area contributed by atoms with Gasteiger partial charge in [0.05, 0.1) is 21.9 Å². The van der Waals surface area contributed by atoms with Gasteiger partial charge in [-0.05, 0) is 25.7 Å². The molecule has 2 saturated heterocycles. The van der Waals surface area contributed by atoms with Gasteiger partial charge in [0.2, 0.25) is 5.91 Å². The van der Waals surface area contributed by atoms with Crippen molar-refractivity contribution < 1.29 is 27.4 Å². The molecule has 1 aromatic heterocycles. The van der Waals surface area contributed by atoms with E-state index in [4.69, 9.17) is 4.74 Å². The third kappa shape index (κ3) is 3.91. The van der Waals surface area contributed by atoms with Crippen LogP contribution in [0.2, 0.25) is 0 Å². The highest BCUT2D eigenvalue weighted by Gasteiger charge is 2.44. The molecule has 1 saturated carbocycles. The number of amides is 2. The van der Waals surface area contributed by atoms with E-state index in [1.807, 2.05) is 4.90 Å². The number of morpholine rings is 1. The van der Waals surface area contributed by atoms with Gasteiger partial charge in [-0.2, -0.15) is 4.36 Å². The van der Waals surface area contributed by atoms with Crippen LogP contribution >= 0.6 is 0 Å². The van der Waals surface area contributed by atoms with Crippen molar-refractivity contribution in [1.82, 2.24) is 10.1 Å². The van der Waals surface area contributed by atoms with Crippen LogP contribution < -0.4 is 0 Å². The van der Waals surface area contributed by atoms with Gasteiger partial charge in [-0.1, -0.05) is 5.16 Å². The van der Waals surface area contributed by atoms with Gasteiger partial charge in [0, 0.05) is 36.6 Å². The summed E-state index contributed by atoms with van der Waals surface area (Å²) in [6.07, 6.45) is 2.88. The van der Waals surface area contributed by atoms with Crippen LogP contribution in [0.4, 0.5) is 4.39 Å². The van der Waals surface area contributed by atoms with Gasteiger partial charge < -0.3 is 14.2 Å². The van der Waals surface area contributed by atoms with Gasteiger partial charge in [0.15, 0.2) is 11.5 Å². The predicted octanol–water partition coefficient (Wildman–Crippen LogP) is 1.55. The molecule has 2 aliphatic heterocycles. The first kappa shape index (κ1) is 18.5. The SMILES string of the molecule is O=C(N=S1(=O)CCC2(CC1)CN(C(=O)C1CC1)CCO2)c1cc(CF)on1. The monoisotopic (exact) mass is 399 g/mol. The molecule has 3 aliphatic rings. The topological polar surface area (TPSA) is 102 Å². The minimum atomic E-state index is -2.74. The lowest BCUT2D eigenvalue weighted by Gasteiger charge is -2.45. The summed E-state index contributed by atoms with van der Waals surface area (Å²) in [6, 6.07) is 1.17. The summed E-state index contributed by atoms with van der Waals surface area (Å²) in [5.41, 5.74) is -0.641. The standard InChI is InChI=1S/C17H22FN3O5S/c18-10-13-9-14(19-26-13)15(22)20-27(24)7-3-17(4-8-27)11-21(5-6-25-17)16(23)12-1-2-12/h9,12H,1-8,10-11H2. The lowest BCUT2D eigenvalue weighted by molar-refractivity contribution is -0.153. The predicted molar refractivity (Wildman–Crippen MR) is 93.2 cm³/mol. The molecular formula is C17H22FN3O5S. The molecule has 148 valence electrons. The third-order valence-electron chi connectivity index (χ3n) is 5.40. The minimum Gasteiger partial charge on any atom is -0.371 e. The quantitative estimate of drug-likeness (QED) is 0.764. The molecule has 1 spiro atoms. The van der Waals surface area contributed by atoms with Crippen molar-refractivity contribution in [2.45, 2.75) is 38.0 Å². The second-order valence-corrected chi connectivity index (χ2v) is 10.00. The van der Waals surface area contributed by atoms with Crippen molar-refractivity contribution in [2.75, 3.05) is 31.2 Å². The molecule has 0 aromatic carbocycles. The molecule has 2 amide bonds. The van der Waals surface area contributed by atoms with Crippen LogP contribution in [0.3, 0.4) is 0 Å². The van der Waals surface area contributed by atoms with Crippen LogP contribution in [0, 0.1) is 5.92 Å². The number of rotatable bonds is 3. The first-order chi connectivity index (χ1) is 12.9. The van der Waals surface area contributed by atoms with Crippen molar-refractivity contribution in [1.29, 1.82) is 0 Å². The first-order valence-corrected chi connectivity index (χ1v) is 11.0. The summed E-state index contributed by atoms with van der Waals surface area (Å²) in [5.74, 6) is -0.0248. The smallest absolute Gasteiger partial charge is 0.307 e. The average molecular weight is 399 g/mol. The summed E-state index contributed by atoms with van der Waals surface area (Å²) in [5, 5.41) is 3.47. The molecule has 0 bridgehead atoms. The Hall–Kier alpha value is -1.81. The van der Waals surface area contributed by atoms with E-state index in [1.54, 1.807) is 0 Å². The maximum atomic E-state index is 13.0. The Balaban J connectivity index is 1.43. The van der Waals surface area contributed by atoms with Crippen LogP contribution in [0.1, 0.15) is 41.9 Å². The number of alkyl halides is 1. The first-order valence-electron chi connectivity index (χ1n) is 9.13. The highest BCUT2D eigenvalue weighted by Crippen LogP contribution is 2.36. The fraction of sp³-hybridized carbons (Fsp3) is 0.706. The Bertz CT molecular complexity index is 858. The molecule has 0 atom stereocenters. The number of carbonyl (C=O) groups excluding carboxylic acids is 2. The molecule has 4 rings (SSSR count). The number of carbonyl (C=O) groups is 2. The Morgan fingerprint density at radius 2 is 2.11 bits per heavy atom. The van der Waals surface area contributed by atoms with Crippen molar-refractivity contribution in [2.24, 2.45) is 10.3 Å². The van der Waals surface area contributed by atoms with E-state index >= 15 is 0 Å². The molecule has 3 heterocycles. The van der Waals surface area contributed by atoms with Crippen LogP contribution in [-0.4, -0.2) is 62.9 Å². The number of aromatic nitrogens is 1. The van der Waals surface area contributed by atoms with Crippen molar-refractivity contribution in [3.8, 4) is 0 Å². The van der Waals surface area contributed by atoms with Crippen molar-refractivity contribution in [3.05, 3.63) is 17.5 Å². The fourth-order valence-electron chi connectivity index (χ4n) is 3.61. The highest BCUT2D eigenvalue weighted by atomic mass is 32.2. The fourth-order valence-corrected chi connectivity index (χ4v) is 5.77. The number of nitrogens with zero attached hydrogens (tertiary/aromatic N) is 3. The molecule has 1 aromatic rings. The Morgan fingerprint density at radius 1 is 1.37 bits per heavy atom. The van der Waals surface area contributed by atoms with Crippen LogP contribution in [0.25, 0.3) is 0 Å². The largest absolute Gasteiger partial charge is 0.371 e. The summed E-state index contributed by atoms with van der Waals surface area (Å²) in [7, 11) is -2.74. The van der Waals surface area contributed by atoms with E-state index in [9.17, 15) is 18.2 Å². The molecule has 0 unspecified atom stereocenters. The summed E-state index contributed by atoms with van der Waals surface area (Å²) < 4.78 is 40.0. The van der Waals surface area contributed by atoms with Gasteiger partial charge in [-0.3, -0.25) is 9.59 Å². The number of ether oxygens (including phenoxy) is 1. The van der Waals surface area contributed by atoms with Gasteiger partial charge in [0.1, 0.15) is 6.67 Å². The molecular weight excluding hydrogens is 377 g/mol. The van der Waals surface area contributed by atoms with Crippen molar-refractivity contribution in [3.63, 3.8) is 0 Å². The summed E-state index contributed by atoms with van der Waals surface area (Å²) in [4.78, 5) is 26.4. The zero-order valence-corrected chi connectivity index (χ0v) is 15.7. The van der Waals surface area contributed by atoms with Crippen molar-refractivity contribution >= 4 is 21.5 Å². The Labute approximate surface area is 156 Å². The van der Waals surface area contributed by atoms with E-state index in [0.717, 1.165) is 12.8 Å². The second-order valence-electron chi connectivity index (χ2n) is 7.45. The van der Waals surface area contributed by atoms with Crippen LogP contribution in [0.15, 0.2) is 15.0 Å². The Morgan fingerprint density at radius 3 is 2.74 bits per heavy atom. The van der Waals surface area contributed by atoms with Crippen LogP contribution in [-0.2, 0) is 25.9 Å². The lowest BCUT2D eigenvalue weighted by atomic mass is 9.94. The maximum absolute atomic E-state index is 13.0. The van der Waals surface area contributed by atoms with E-state index in [-0.39, 0.29) is 34.8 Å². The maximum Gasteiger partial charge on any atom is 0.307 e. The van der Waals surface area contributed by atoms with E-state index in [0.29, 0.717) is 32.5 Å². The summed E-state index contributed by atoms with van der Waals surface area (Å²) >= 11 is 0. The normalized spacial score (nSPS) is 31.1. The van der Waals surface area contributed by atoms with Gasteiger partial charge in [-0.25, -0.2) is 8.60 Å². The third-order valence-corrected chi connectivity index (χ3v) is 7.58. The molecule has 10 heteroatoms. The van der Waals surface area contributed by atoms with E-state index in [2.05, 4.69) is 14.0 Å². The average Bonchev–Trinajstić information content (AvgIpc) is 3.40. The molecule has 1 aliphatic carbocycles. The molecule has 27 heavy (non-hydrogen) atoms. The van der Waals surface area contributed by atoms with E-state index in [1.165, 1.54) is 6.07 Å². The lowest BCUT2D eigenvalue weighted by Crippen LogP contribution is -2.56. The van der Waals surface area contributed by atoms with Gasteiger partial charge >= 0.3 is 5.91 Å². The van der Waals surface area contributed by atoms with Gasteiger partial charge in [-0.15, -0.1) is 0 Å². The van der Waals surface area contributed by atoms with Gasteiger partial charge in [0.25, 0.3) is 0 Å². The second kappa shape index (κ2) is 6.97. The number of hydrogen-bond donors (Lipinski definition) is 0. The number of hydrogen-bond acceptors (Lipinski definition) is 6. The zero-order chi connectivity index (χ0) is 19.1.